The van der Waals surface area contributed by atoms with Crippen molar-refractivity contribution < 1.29 is 5.11 Å². The molecule has 0 radical (unpaired) electrons. The maximum atomic E-state index is 10.1. The highest BCUT2D eigenvalue weighted by Gasteiger charge is 2.26. The van der Waals surface area contributed by atoms with Crippen LogP contribution in [0.2, 0.25) is 0 Å². The predicted molar refractivity (Wildman–Crippen MR) is 79.2 cm³/mol. The van der Waals surface area contributed by atoms with E-state index >= 15 is 0 Å². The van der Waals surface area contributed by atoms with Crippen LogP contribution in [-0.2, 0) is 0 Å². The molecule has 98 valence electrons. The lowest BCUT2D eigenvalue weighted by molar-refractivity contribution is 0.319. The summed E-state index contributed by atoms with van der Waals surface area (Å²) in [5, 5.41) is 12.2. The van der Waals surface area contributed by atoms with Gasteiger partial charge in [-0.2, -0.15) is 0 Å². The minimum atomic E-state index is -0.186. The SMILES string of the molecule is CC(C)(C)[C@H](N)c1c(O)ccc2ccccc12.Cl. The monoisotopic (exact) mass is 265 g/mol. The molecule has 0 saturated heterocycles. The van der Waals surface area contributed by atoms with Crippen molar-refractivity contribution in [1.82, 2.24) is 0 Å². The van der Waals surface area contributed by atoms with Gasteiger partial charge in [-0.15, -0.1) is 12.4 Å². The van der Waals surface area contributed by atoms with Crippen LogP contribution < -0.4 is 5.73 Å². The first-order chi connectivity index (χ1) is 7.91. The molecule has 0 aliphatic heterocycles. The zero-order chi connectivity index (χ0) is 12.6. The number of nitrogens with two attached hydrogens (primary N) is 1. The molecule has 0 amide bonds. The van der Waals surface area contributed by atoms with Gasteiger partial charge in [-0.25, -0.2) is 0 Å². The van der Waals surface area contributed by atoms with Crippen LogP contribution in [0.3, 0.4) is 0 Å². The third-order valence-electron chi connectivity index (χ3n) is 3.19. The number of benzene rings is 2. The molecule has 1 atom stereocenters. The normalized spacial score (nSPS) is 13.1. The lowest BCUT2D eigenvalue weighted by Gasteiger charge is -2.29. The molecular weight excluding hydrogens is 246 g/mol. The van der Waals surface area contributed by atoms with E-state index < -0.39 is 0 Å². The van der Waals surface area contributed by atoms with Gasteiger partial charge < -0.3 is 10.8 Å². The van der Waals surface area contributed by atoms with E-state index in [1.807, 2.05) is 30.3 Å². The van der Waals surface area contributed by atoms with Gasteiger partial charge in [-0.3, -0.25) is 0 Å². The second-order valence-corrected chi connectivity index (χ2v) is 5.56. The van der Waals surface area contributed by atoms with Gasteiger partial charge in [0.2, 0.25) is 0 Å². The quantitative estimate of drug-likeness (QED) is 0.818. The van der Waals surface area contributed by atoms with E-state index in [1.165, 1.54) is 0 Å². The van der Waals surface area contributed by atoms with E-state index in [9.17, 15) is 5.11 Å². The Kier molecular flexibility index (Phi) is 4.25. The lowest BCUT2D eigenvalue weighted by atomic mass is 9.81. The summed E-state index contributed by atoms with van der Waals surface area (Å²) in [6.45, 7) is 6.25. The minimum absolute atomic E-state index is 0. The second kappa shape index (κ2) is 5.17. The fourth-order valence-electron chi connectivity index (χ4n) is 2.04. The van der Waals surface area contributed by atoms with Crippen LogP contribution >= 0.6 is 12.4 Å². The molecular formula is C15H20ClNO. The van der Waals surface area contributed by atoms with Crippen molar-refractivity contribution in [2.45, 2.75) is 26.8 Å². The summed E-state index contributed by atoms with van der Waals surface area (Å²) >= 11 is 0. The van der Waals surface area contributed by atoms with Crippen LogP contribution in [-0.4, -0.2) is 5.11 Å². The largest absolute Gasteiger partial charge is 0.508 e. The van der Waals surface area contributed by atoms with E-state index in [4.69, 9.17) is 5.73 Å². The van der Waals surface area contributed by atoms with Gasteiger partial charge in [0.1, 0.15) is 5.75 Å². The molecule has 2 rings (SSSR count). The van der Waals surface area contributed by atoms with Crippen LogP contribution in [0, 0.1) is 5.41 Å². The Labute approximate surface area is 114 Å². The Balaban J connectivity index is 0.00000162. The zero-order valence-electron chi connectivity index (χ0n) is 11.0. The molecule has 0 aliphatic carbocycles. The molecule has 0 aliphatic rings. The highest BCUT2D eigenvalue weighted by Crippen LogP contribution is 2.39. The molecule has 2 aromatic rings. The molecule has 18 heavy (non-hydrogen) atoms. The number of aromatic hydroxyl groups is 1. The molecule has 2 nitrogen and oxygen atoms in total. The van der Waals surface area contributed by atoms with E-state index in [0.29, 0.717) is 0 Å². The third-order valence-corrected chi connectivity index (χ3v) is 3.19. The Morgan fingerprint density at radius 2 is 1.67 bits per heavy atom. The highest BCUT2D eigenvalue weighted by molar-refractivity contribution is 5.88. The van der Waals surface area contributed by atoms with Crippen LogP contribution in [0.4, 0.5) is 0 Å². The van der Waals surface area contributed by atoms with Crippen molar-refractivity contribution in [2.24, 2.45) is 11.1 Å². The van der Waals surface area contributed by atoms with Gasteiger partial charge in [0.05, 0.1) is 0 Å². The first kappa shape index (κ1) is 14.8. The standard InChI is InChI=1S/C15H19NO.ClH/c1-15(2,3)14(16)13-11-7-5-4-6-10(11)8-9-12(13)17;/h4-9,14,17H,16H2,1-3H3;1H/t14-;/m1./s1. The van der Waals surface area contributed by atoms with Gasteiger partial charge in [-0.05, 0) is 22.3 Å². The summed E-state index contributed by atoms with van der Waals surface area (Å²) < 4.78 is 0. The molecule has 3 heteroatoms. The van der Waals surface area contributed by atoms with Crippen molar-refractivity contribution in [3.63, 3.8) is 0 Å². The summed E-state index contributed by atoms with van der Waals surface area (Å²) in [6, 6.07) is 11.5. The maximum absolute atomic E-state index is 10.1. The Bertz CT molecular complexity index is 546. The van der Waals surface area contributed by atoms with Crippen LogP contribution in [0.15, 0.2) is 36.4 Å². The van der Waals surface area contributed by atoms with Gasteiger partial charge in [0, 0.05) is 11.6 Å². The van der Waals surface area contributed by atoms with Crippen molar-refractivity contribution >= 4 is 23.2 Å². The fraction of sp³-hybridized carbons (Fsp3) is 0.333. The number of hydrogen-bond acceptors (Lipinski definition) is 2. The average Bonchev–Trinajstić information content (AvgIpc) is 2.27. The molecule has 3 N–H and O–H groups in total. The summed E-state index contributed by atoms with van der Waals surface area (Å²) in [5.41, 5.74) is 7.04. The predicted octanol–water partition coefficient (Wildman–Crippen LogP) is 4.01. The van der Waals surface area contributed by atoms with Crippen molar-refractivity contribution in [3.05, 3.63) is 42.0 Å². The van der Waals surface area contributed by atoms with E-state index in [2.05, 4.69) is 20.8 Å². The van der Waals surface area contributed by atoms with Crippen LogP contribution in [0.1, 0.15) is 32.4 Å². The first-order valence-electron chi connectivity index (χ1n) is 5.87. The van der Waals surface area contributed by atoms with E-state index in [0.717, 1.165) is 16.3 Å². The van der Waals surface area contributed by atoms with E-state index in [-0.39, 0.29) is 29.6 Å². The molecule has 0 spiro atoms. The van der Waals surface area contributed by atoms with Crippen LogP contribution in [0.5, 0.6) is 5.75 Å². The van der Waals surface area contributed by atoms with Gasteiger partial charge >= 0.3 is 0 Å². The number of phenols is 1. The highest BCUT2D eigenvalue weighted by atomic mass is 35.5. The molecule has 0 unspecified atom stereocenters. The molecule has 0 bridgehead atoms. The Hall–Kier alpha value is -1.25. The molecule has 0 saturated carbocycles. The Morgan fingerprint density at radius 3 is 2.28 bits per heavy atom. The molecule has 0 aromatic heterocycles. The maximum Gasteiger partial charge on any atom is 0.121 e. The number of rotatable bonds is 1. The summed E-state index contributed by atoms with van der Waals surface area (Å²) in [7, 11) is 0. The van der Waals surface area contributed by atoms with Crippen LogP contribution in [0.25, 0.3) is 10.8 Å². The van der Waals surface area contributed by atoms with Crippen molar-refractivity contribution in [3.8, 4) is 5.75 Å². The summed E-state index contributed by atoms with van der Waals surface area (Å²) in [6.07, 6.45) is 0. The number of phenolic OH excluding ortho intramolecular Hbond substituents is 1. The average molecular weight is 266 g/mol. The van der Waals surface area contributed by atoms with Gasteiger partial charge in [-0.1, -0.05) is 51.1 Å². The topological polar surface area (TPSA) is 46.2 Å². The van der Waals surface area contributed by atoms with Gasteiger partial charge in [0.25, 0.3) is 0 Å². The third kappa shape index (κ3) is 2.60. The first-order valence-corrected chi connectivity index (χ1v) is 5.87. The smallest absolute Gasteiger partial charge is 0.121 e. The molecule has 2 aromatic carbocycles. The second-order valence-electron chi connectivity index (χ2n) is 5.56. The Morgan fingerprint density at radius 1 is 1.06 bits per heavy atom. The summed E-state index contributed by atoms with van der Waals surface area (Å²) in [5.74, 6) is 0.283. The molecule has 0 fully saturated rings. The minimum Gasteiger partial charge on any atom is -0.508 e. The van der Waals surface area contributed by atoms with Gasteiger partial charge in [0.15, 0.2) is 0 Å². The number of hydrogen-bond donors (Lipinski definition) is 2. The lowest BCUT2D eigenvalue weighted by Crippen LogP contribution is -2.26. The zero-order valence-corrected chi connectivity index (χ0v) is 11.8. The van der Waals surface area contributed by atoms with E-state index in [1.54, 1.807) is 6.07 Å². The number of fused-ring (bicyclic) bond motifs is 1. The summed E-state index contributed by atoms with van der Waals surface area (Å²) in [4.78, 5) is 0. The van der Waals surface area contributed by atoms with Crippen molar-refractivity contribution in [2.75, 3.05) is 0 Å². The van der Waals surface area contributed by atoms with Crippen molar-refractivity contribution in [1.29, 1.82) is 0 Å². The number of halogens is 1. The fourth-order valence-corrected chi connectivity index (χ4v) is 2.04. The molecule has 0 heterocycles.